The molecule has 140 valence electrons. The molecule has 1 saturated heterocycles. The van der Waals surface area contributed by atoms with Crippen LogP contribution in [-0.2, 0) is 9.59 Å². The molecule has 3 aromatic rings. The second kappa shape index (κ2) is 8.14. The summed E-state index contributed by atoms with van der Waals surface area (Å²) in [7, 11) is 0. The van der Waals surface area contributed by atoms with Gasteiger partial charge in [0, 0.05) is 12.1 Å². The highest BCUT2D eigenvalue weighted by Crippen LogP contribution is 2.24. The van der Waals surface area contributed by atoms with Gasteiger partial charge in [0.1, 0.15) is 5.25 Å². The highest BCUT2D eigenvalue weighted by atomic mass is 32.2. The maximum atomic E-state index is 12.4. The summed E-state index contributed by atoms with van der Waals surface area (Å²) in [6, 6.07) is 23.1. The van der Waals surface area contributed by atoms with Crippen LogP contribution in [-0.4, -0.2) is 22.2 Å². The third-order valence-corrected chi connectivity index (χ3v) is 5.32. The highest BCUT2D eigenvalue weighted by molar-refractivity contribution is 8.15. The fourth-order valence-corrected chi connectivity index (χ4v) is 3.80. The molecule has 0 bridgehead atoms. The quantitative estimate of drug-likeness (QED) is 0.579. The van der Waals surface area contributed by atoms with Gasteiger partial charge >= 0.3 is 0 Å². The van der Waals surface area contributed by atoms with E-state index in [1.165, 1.54) is 11.8 Å². The monoisotopic (exact) mass is 390 g/mol. The topological polar surface area (TPSA) is 82.6 Å². The molecule has 0 saturated carbocycles. The zero-order valence-corrected chi connectivity index (χ0v) is 15.7. The first-order valence-electron chi connectivity index (χ1n) is 8.82. The van der Waals surface area contributed by atoms with Crippen LogP contribution in [0.2, 0.25) is 0 Å². The molecule has 4 rings (SSSR count). The van der Waals surface area contributed by atoms with Gasteiger partial charge in [0.05, 0.1) is 5.69 Å². The molecule has 6 nitrogen and oxygen atoms in total. The van der Waals surface area contributed by atoms with Crippen molar-refractivity contribution in [2.45, 2.75) is 11.7 Å². The Kier molecular flexibility index (Phi) is 5.25. The SMILES string of the molecule is O=C(C[C@@H]1S/C(=N/Nc2ccccc2)NC1=O)Nc1ccc2ccccc2c1. The number of amides is 2. The Bertz CT molecular complexity index is 1050. The van der Waals surface area contributed by atoms with Crippen molar-refractivity contribution in [3.05, 3.63) is 72.8 Å². The molecule has 3 aromatic carbocycles. The smallest absolute Gasteiger partial charge is 0.240 e. The minimum absolute atomic E-state index is 0.0771. The number of amidine groups is 1. The van der Waals surface area contributed by atoms with Gasteiger partial charge < -0.3 is 10.6 Å². The number of hydrogen-bond acceptors (Lipinski definition) is 5. The summed E-state index contributed by atoms with van der Waals surface area (Å²) in [5, 5.41) is 11.9. The van der Waals surface area contributed by atoms with Gasteiger partial charge in [-0.1, -0.05) is 60.3 Å². The van der Waals surface area contributed by atoms with Gasteiger partial charge in [-0.05, 0) is 35.0 Å². The van der Waals surface area contributed by atoms with Crippen LogP contribution in [0.4, 0.5) is 11.4 Å². The summed E-state index contributed by atoms with van der Waals surface area (Å²) in [4.78, 5) is 24.5. The fourth-order valence-electron chi connectivity index (χ4n) is 2.87. The van der Waals surface area contributed by atoms with Crippen molar-refractivity contribution in [3.8, 4) is 0 Å². The molecule has 0 aromatic heterocycles. The molecule has 1 heterocycles. The molecule has 0 spiro atoms. The molecule has 0 aliphatic carbocycles. The van der Waals surface area contributed by atoms with Gasteiger partial charge in [-0.15, -0.1) is 5.10 Å². The van der Waals surface area contributed by atoms with Crippen molar-refractivity contribution >= 4 is 50.9 Å². The van der Waals surface area contributed by atoms with E-state index in [0.717, 1.165) is 16.5 Å². The predicted octanol–water partition coefficient (Wildman–Crippen LogP) is 3.78. The minimum Gasteiger partial charge on any atom is -0.326 e. The fraction of sp³-hybridized carbons (Fsp3) is 0.0952. The average Bonchev–Trinajstić information content (AvgIpc) is 3.06. The average molecular weight is 390 g/mol. The van der Waals surface area contributed by atoms with Gasteiger partial charge in [-0.2, -0.15) is 0 Å². The van der Waals surface area contributed by atoms with E-state index in [-0.39, 0.29) is 18.2 Å². The molecule has 2 amide bonds. The number of rotatable bonds is 5. The molecule has 28 heavy (non-hydrogen) atoms. The van der Waals surface area contributed by atoms with Gasteiger partial charge in [-0.3, -0.25) is 15.0 Å². The molecule has 1 fully saturated rings. The van der Waals surface area contributed by atoms with E-state index in [9.17, 15) is 9.59 Å². The first kappa shape index (κ1) is 18.1. The van der Waals surface area contributed by atoms with Crippen molar-refractivity contribution in [1.29, 1.82) is 0 Å². The van der Waals surface area contributed by atoms with E-state index in [4.69, 9.17) is 0 Å². The number of hydrogen-bond donors (Lipinski definition) is 3. The maximum absolute atomic E-state index is 12.4. The molecular formula is C21H18N4O2S. The predicted molar refractivity (Wildman–Crippen MR) is 114 cm³/mol. The number of benzene rings is 3. The Hall–Kier alpha value is -3.32. The van der Waals surface area contributed by atoms with Crippen molar-refractivity contribution in [2.24, 2.45) is 5.10 Å². The number of para-hydroxylation sites is 1. The zero-order chi connectivity index (χ0) is 19.3. The van der Waals surface area contributed by atoms with Crippen molar-refractivity contribution < 1.29 is 9.59 Å². The number of carbonyl (C=O) groups is 2. The van der Waals surface area contributed by atoms with Gasteiger partial charge in [-0.25, -0.2) is 0 Å². The van der Waals surface area contributed by atoms with Crippen LogP contribution in [0, 0.1) is 0 Å². The van der Waals surface area contributed by atoms with Crippen LogP contribution in [0.3, 0.4) is 0 Å². The molecule has 0 radical (unpaired) electrons. The van der Waals surface area contributed by atoms with Crippen LogP contribution in [0.5, 0.6) is 0 Å². The van der Waals surface area contributed by atoms with Crippen molar-refractivity contribution in [2.75, 3.05) is 10.7 Å². The van der Waals surface area contributed by atoms with E-state index >= 15 is 0 Å². The maximum Gasteiger partial charge on any atom is 0.240 e. The van der Waals surface area contributed by atoms with E-state index in [0.29, 0.717) is 10.9 Å². The molecule has 7 heteroatoms. The number of thioether (sulfide) groups is 1. The lowest BCUT2D eigenvalue weighted by Crippen LogP contribution is -2.28. The Morgan fingerprint density at radius 2 is 1.71 bits per heavy atom. The van der Waals surface area contributed by atoms with E-state index in [1.54, 1.807) is 0 Å². The highest BCUT2D eigenvalue weighted by Gasteiger charge is 2.32. The lowest BCUT2D eigenvalue weighted by molar-refractivity contribution is -0.122. The Labute approximate surface area is 166 Å². The van der Waals surface area contributed by atoms with E-state index in [1.807, 2.05) is 72.8 Å². The summed E-state index contributed by atoms with van der Waals surface area (Å²) < 4.78 is 0. The number of hydrazone groups is 1. The zero-order valence-electron chi connectivity index (χ0n) is 14.9. The third-order valence-electron chi connectivity index (χ3n) is 4.24. The van der Waals surface area contributed by atoms with E-state index < -0.39 is 5.25 Å². The number of carbonyl (C=O) groups excluding carboxylic acids is 2. The number of anilines is 2. The Morgan fingerprint density at radius 3 is 2.54 bits per heavy atom. The summed E-state index contributed by atoms with van der Waals surface area (Å²) in [6.45, 7) is 0. The van der Waals surface area contributed by atoms with Crippen LogP contribution >= 0.6 is 11.8 Å². The molecule has 1 atom stereocenters. The molecule has 1 aliphatic rings. The van der Waals surface area contributed by atoms with Crippen LogP contribution in [0.15, 0.2) is 77.9 Å². The van der Waals surface area contributed by atoms with Gasteiger partial charge in [0.25, 0.3) is 0 Å². The molecule has 3 N–H and O–H groups in total. The van der Waals surface area contributed by atoms with Gasteiger partial charge in [0.15, 0.2) is 5.17 Å². The summed E-state index contributed by atoms with van der Waals surface area (Å²) in [5.74, 6) is -0.424. The van der Waals surface area contributed by atoms with Crippen LogP contribution in [0.1, 0.15) is 6.42 Å². The van der Waals surface area contributed by atoms with Crippen molar-refractivity contribution in [1.82, 2.24) is 5.32 Å². The third kappa shape index (κ3) is 4.32. The van der Waals surface area contributed by atoms with Crippen LogP contribution < -0.4 is 16.1 Å². The Morgan fingerprint density at radius 1 is 0.964 bits per heavy atom. The summed E-state index contributed by atoms with van der Waals surface area (Å²) in [6.07, 6.45) is 0.0771. The normalized spacial score (nSPS) is 17.5. The van der Waals surface area contributed by atoms with E-state index in [2.05, 4.69) is 21.2 Å². The second-order valence-corrected chi connectivity index (χ2v) is 7.50. The number of fused-ring (bicyclic) bond motifs is 1. The lowest BCUT2D eigenvalue weighted by Gasteiger charge is -2.08. The second-order valence-electron chi connectivity index (χ2n) is 6.30. The lowest BCUT2D eigenvalue weighted by atomic mass is 10.1. The largest absolute Gasteiger partial charge is 0.326 e. The number of nitrogens with zero attached hydrogens (tertiary/aromatic N) is 1. The van der Waals surface area contributed by atoms with Crippen LogP contribution in [0.25, 0.3) is 10.8 Å². The summed E-state index contributed by atoms with van der Waals surface area (Å²) >= 11 is 1.25. The first-order chi connectivity index (χ1) is 13.7. The summed E-state index contributed by atoms with van der Waals surface area (Å²) in [5.41, 5.74) is 4.43. The first-order valence-corrected chi connectivity index (χ1v) is 9.70. The standard InChI is InChI=1S/C21H18N4O2S/c26-19(22-17-11-10-14-6-4-5-7-15(14)12-17)13-18-20(27)23-21(28-18)25-24-16-8-2-1-3-9-16/h1-12,18,24H,13H2,(H,22,26)(H,23,25,27)/t18-/m0/s1. The Balaban J connectivity index is 1.35. The minimum atomic E-state index is -0.503. The van der Waals surface area contributed by atoms with Gasteiger partial charge in [0.2, 0.25) is 11.8 Å². The number of nitrogens with one attached hydrogen (secondary N) is 3. The molecule has 1 aliphatic heterocycles. The molecular weight excluding hydrogens is 372 g/mol. The molecule has 0 unspecified atom stereocenters. The van der Waals surface area contributed by atoms with Crippen molar-refractivity contribution in [3.63, 3.8) is 0 Å².